The van der Waals surface area contributed by atoms with E-state index in [4.69, 9.17) is 5.73 Å². The number of nitrogens with zero attached hydrogens (tertiary/aromatic N) is 1. The fraction of sp³-hybridized carbons (Fsp3) is 0.333. The molecule has 0 aromatic heterocycles. The van der Waals surface area contributed by atoms with Gasteiger partial charge in [0.15, 0.2) is 0 Å². The minimum absolute atomic E-state index is 0.178. The Labute approximate surface area is 89.0 Å². The van der Waals surface area contributed by atoms with E-state index in [0.29, 0.717) is 0 Å². The van der Waals surface area contributed by atoms with Crippen LogP contribution < -0.4 is 5.73 Å². The minimum Gasteiger partial charge on any atom is -0.324 e. The Bertz CT molecular complexity index is 375. The Balaban J connectivity index is 2.78. The van der Waals surface area contributed by atoms with Crippen LogP contribution in [0.4, 0.5) is 18.9 Å². The number of nitro groups is 1. The molecule has 0 saturated carbocycles. The van der Waals surface area contributed by atoms with Gasteiger partial charge in [-0.15, -0.1) is 0 Å². The van der Waals surface area contributed by atoms with Gasteiger partial charge in [0.25, 0.3) is 5.69 Å². The van der Waals surface area contributed by atoms with Gasteiger partial charge in [-0.2, -0.15) is 13.2 Å². The van der Waals surface area contributed by atoms with Gasteiger partial charge in [-0.05, 0) is 5.56 Å². The molecule has 1 atom stereocenters. The van der Waals surface area contributed by atoms with E-state index in [1.54, 1.807) is 0 Å². The van der Waals surface area contributed by atoms with Crippen LogP contribution in [0.3, 0.4) is 0 Å². The van der Waals surface area contributed by atoms with Crippen molar-refractivity contribution in [1.82, 2.24) is 0 Å². The quantitative estimate of drug-likeness (QED) is 0.645. The zero-order chi connectivity index (χ0) is 12.3. The lowest BCUT2D eigenvalue weighted by atomic mass is 10.0. The first-order chi connectivity index (χ1) is 7.29. The molecule has 0 heterocycles. The third kappa shape index (κ3) is 3.50. The maximum absolute atomic E-state index is 12.0. The number of non-ortho nitro benzene ring substituents is 1. The zero-order valence-corrected chi connectivity index (χ0v) is 8.07. The van der Waals surface area contributed by atoms with Crippen molar-refractivity contribution in [3.8, 4) is 0 Å². The average Bonchev–Trinajstić information content (AvgIpc) is 2.15. The number of halogens is 3. The molecule has 0 fully saturated rings. The molecular weight excluding hydrogens is 225 g/mol. The summed E-state index contributed by atoms with van der Waals surface area (Å²) in [7, 11) is 0. The summed E-state index contributed by atoms with van der Waals surface area (Å²) in [4.78, 5) is 9.68. The van der Waals surface area contributed by atoms with Crippen molar-refractivity contribution in [1.29, 1.82) is 0 Å². The zero-order valence-electron chi connectivity index (χ0n) is 8.07. The number of alkyl halides is 3. The monoisotopic (exact) mass is 234 g/mol. The first-order valence-corrected chi connectivity index (χ1v) is 4.36. The van der Waals surface area contributed by atoms with Gasteiger partial charge in [-0.3, -0.25) is 10.1 Å². The first kappa shape index (κ1) is 12.4. The highest BCUT2D eigenvalue weighted by Crippen LogP contribution is 2.28. The summed E-state index contributed by atoms with van der Waals surface area (Å²) in [5.74, 6) is 0. The highest BCUT2D eigenvalue weighted by Gasteiger charge is 2.30. The standard InChI is InChI=1S/C9H9F3N2O2/c10-9(11,12)5-8(13)6-1-3-7(4-2-6)14(15)16/h1-4,8H,5,13H2/t8-/m1/s1. The largest absolute Gasteiger partial charge is 0.390 e. The van der Waals surface area contributed by atoms with Crippen LogP contribution in [0, 0.1) is 10.1 Å². The van der Waals surface area contributed by atoms with E-state index in [0.717, 1.165) is 12.1 Å². The second-order valence-corrected chi connectivity index (χ2v) is 3.27. The SMILES string of the molecule is N[C@H](CC(F)(F)F)c1ccc([N+](=O)[O-])cc1. The molecule has 1 rings (SSSR count). The normalized spacial score (nSPS) is 13.5. The van der Waals surface area contributed by atoms with Crippen molar-refractivity contribution in [2.24, 2.45) is 5.73 Å². The van der Waals surface area contributed by atoms with Crippen molar-refractivity contribution in [3.05, 3.63) is 39.9 Å². The summed E-state index contributed by atoms with van der Waals surface area (Å²) >= 11 is 0. The van der Waals surface area contributed by atoms with Gasteiger partial charge in [0.05, 0.1) is 11.3 Å². The molecule has 2 N–H and O–H groups in total. The van der Waals surface area contributed by atoms with Gasteiger partial charge in [0, 0.05) is 18.2 Å². The molecule has 4 nitrogen and oxygen atoms in total. The Hall–Kier alpha value is -1.63. The predicted molar refractivity (Wildman–Crippen MR) is 50.7 cm³/mol. The Morgan fingerprint density at radius 2 is 1.81 bits per heavy atom. The van der Waals surface area contributed by atoms with Gasteiger partial charge in [0.2, 0.25) is 0 Å². The summed E-state index contributed by atoms with van der Waals surface area (Å²) in [6, 6.07) is 3.53. The number of nitro benzene ring substituents is 1. The maximum Gasteiger partial charge on any atom is 0.390 e. The minimum atomic E-state index is -4.35. The van der Waals surface area contributed by atoms with Gasteiger partial charge >= 0.3 is 6.18 Å². The molecule has 1 aromatic carbocycles. The predicted octanol–water partition coefficient (Wildman–Crippen LogP) is 2.55. The molecule has 0 aliphatic rings. The number of rotatable bonds is 3. The third-order valence-electron chi connectivity index (χ3n) is 1.98. The summed E-state index contributed by atoms with van der Waals surface area (Å²) in [5, 5.41) is 10.3. The molecule has 0 amide bonds. The Morgan fingerprint density at radius 1 is 1.31 bits per heavy atom. The van der Waals surface area contributed by atoms with Gasteiger partial charge in [-0.1, -0.05) is 12.1 Å². The van der Waals surface area contributed by atoms with Crippen LogP contribution in [0.5, 0.6) is 0 Å². The van der Waals surface area contributed by atoms with E-state index in [1.165, 1.54) is 12.1 Å². The van der Waals surface area contributed by atoms with E-state index in [-0.39, 0.29) is 11.3 Å². The van der Waals surface area contributed by atoms with Crippen molar-refractivity contribution < 1.29 is 18.1 Å². The van der Waals surface area contributed by atoms with E-state index in [9.17, 15) is 23.3 Å². The van der Waals surface area contributed by atoms with Crippen molar-refractivity contribution in [3.63, 3.8) is 0 Å². The van der Waals surface area contributed by atoms with Crippen LogP contribution in [0.2, 0.25) is 0 Å². The number of benzene rings is 1. The molecule has 0 aliphatic carbocycles. The van der Waals surface area contributed by atoms with E-state index in [2.05, 4.69) is 0 Å². The number of hydrogen-bond donors (Lipinski definition) is 1. The van der Waals surface area contributed by atoms with Crippen molar-refractivity contribution in [2.75, 3.05) is 0 Å². The Kier molecular flexibility index (Phi) is 3.48. The van der Waals surface area contributed by atoms with Crippen LogP contribution >= 0.6 is 0 Å². The number of nitrogens with two attached hydrogens (primary N) is 1. The highest BCUT2D eigenvalue weighted by atomic mass is 19.4. The second-order valence-electron chi connectivity index (χ2n) is 3.27. The topological polar surface area (TPSA) is 69.2 Å². The smallest absolute Gasteiger partial charge is 0.324 e. The molecule has 0 unspecified atom stereocenters. The first-order valence-electron chi connectivity index (χ1n) is 4.36. The molecule has 7 heteroatoms. The highest BCUT2D eigenvalue weighted by molar-refractivity contribution is 5.34. The molecule has 16 heavy (non-hydrogen) atoms. The second kappa shape index (κ2) is 4.48. The van der Waals surface area contributed by atoms with E-state index >= 15 is 0 Å². The van der Waals surface area contributed by atoms with Crippen LogP contribution in [-0.2, 0) is 0 Å². The molecule has 0 spiro atoms. The molecule has 0 bridgehead atoms. The Morgan fingerprint density at radius 3 is 2.19 bits per heavy atom. The van der Waals surface area contributed by atoms with Crippen LogP contribution in [0.25, 0.3) is 0 Å². The summed E-state index contributed by atoms with van der Waals surface area (Å²) in [6.07, 6.45) is -5.49. The van der Waals surface area contributed by atoms with E-state index in [1.807, 2.05) is 0 Å². The average molecular weight is 234 g/mol. The summed E-state index contributed by atoms with van der Waals surface area (Å²) in [6.45, 7) is 0. The third-order valence-corrected chi connectivity index (χ3v) is 1.98. The summed E-state index contributed by atoms with van der Waals surface area (Å²) in [5.41, 5.74) is 5.36. The number of hydrogen-bond acceptors (Lipinski definition) is 3. The molecule has 1 aromatic rings. The van der Waals surface area contributed by atoms with Gasteiger partial charge < -0.3 is 5.73 Å². The van der Waals surface area contributed by atoms with Crippen LogP contribution in [-0.4, -0.2) is 11.1 Å². The fourth-order valence-electron chi connectivity index (χ4n) is 1.21. The van der Waals surface area contributed by atoms with E-state index < -0.39 is 23.6 Å². The fourth-order valence-corrected chi connectivity index (χ4v) is 1.21. The molecule has 0 radical (unpaired) electrons. The molecule has 0 aliphatic heterocycles. The summed E-state index contributed by atoms with van der Waals surface area (Å²) < 4.78 is 36.0. The van der Waals surface area contributed by atoms with Crippen molar-refractivity contribution >= 4 is 5.69 Å². The lowest BCUT2D eigenvalue weighted by Gasteiger charge is -2.13. The molecule has 0 saturated heterocycles. The van der Waals surface area contributed by atoms with Gasteiger partial charge in [-0.25, -0.2) is 0 Å². The van der Waals surface area contributed by atoms with Crippen molar-refractivity contribution in [2.45, 2.75) is 18.6 Å². The lowest BCUT2D eigenvalue weighted by Crippen LogP contribution is -2.20. The molecular formula is C9H9F3N2O2. The van der Waals surface area contributed by atoms with Gasteiger partial charge in [0.1, 0.15) is 0 Å². The van der Waals surface area contributed by atoms with Crippen LogP contribution in [0.1, 0.15) is 18.0 Å². The van der Waals surface area contributed by atoms with Crippen LogP contribution in [0.15, 0.2) is 24.3 Å². The maximum atomic E-state index is 12.0. The molecule has 88 valence electrons. The lowest BCUT2D eigenvalue weighted by molar-refractivity contribution is -0.384.